The molecular formula is C17H19ClN2O3S. The van der Waals surface area contributed by atoms with Gasteiger partial charge in [-0.2, -0.15) is 4.31 Å². The first kappa shape index (κ1) is 17.2. The summed E-state index contributed by atoms with van der Waals surface area (Å²) in [6, 6.07) is 7.15. The van der Waals surface area contributed by atoms with Gasteiger partial charge in [0.2, 0.25) is 10.0 Å². The van der Waals surface area contributed by atoms with E-state index in [9.17, 15) is 8.42 Å². The summed E-state index contributed by atoms with van der Waals surface area (Å²) in [4.78, 5) is 4.28. The van der Waals surface area contributed by atoms with Crippen molar-refractivity contribution in [3.05, 3.63) is 52.8 Å². The minimum Gasteiger partial charge on any atom is -0.487 e. The van der Waals surface area contributed by atoms with Crippen molar-refractivity contribution in [2.75, 3.05) is 13.1 Å². The average molecular weight is 367 g/mol. The van der Waals surface area contributed by atoms with E-state index in [0.717, 1.165) is 11.1 Å². The molecule has 1 atom stereocenters. The topological polar surface area (TPSA) is 59.5 Å². The van der Waals surface area contributed by atoms with Crippen molar-refractivity contribution >= 4 is 21.6 Å². The molecule has 0 N–H and O–H groups in total. The van der Waals surface area contributed by atoms with E-state index in [-0.39, 0.29) is 6.10 Å². The molecule has 24 heavy (non-hydrogen) atoms. The highest BCUT2D eigenvalue weighted by Gasteiger charge is 2.34. The van der Waals surface area contributed by atoms with Crippen molar-refractivity contribution in [3.63, 3.8) is 0 Å². The molecule has 0 amide bonds. The Labute approximate surface area is 147 Å². The molecule has 0 saturated carbocycles. The maximum atomic E-state index is 12.9. The van der Waals surface area contributed by atoms with E-state index in [2.05, 4.69) is 4.98 Å². The van der Waals surface area contributed by atoms with Crippen LogP contribution in [0, 0.1) is 13.8 Å². The second-order valence-electron chi connectivity index (χ2n) is 5.97. The zero-order valence-electron chi connectivity index (χ0n) is 13.6. The number of halogens is 1. The Kier molecular flexibility index (Phi) is 4.80. The largest absolute Gasteiger partial charge is 0.487 e. The first-order valence-corrected chi connectivity index (χ1v) is 9.53. The van der Waals surface area contributed by atoms with Gasteiger partial charge in [0.1, 0.15) is 16.9 Å². The van der Waals surface area contributed by atoms with E-state index in [1.807, 2.05) is 26.0 Å². The van der Waals surface area contributed by atoms with E-state index < -0.39 is 10.0 Å². The molecular weight excluding hydrogens is 348 g/mol. The van der Waals surface area contributed by atoms with Gasteiger partial charge in [-0.1, -0.05) is 23.7 Å². The van der Waals surface area contributed by atoms with E-state index in [1.165, 1.54) is 10.5 Å². The second-order valence-corrected chi connectivity index (χ2v) is 8.28. The first-order chi connectivity index (χ1) is 11.4. The van der Waals surface area contributed by atoms with Crippen LogP contribution in [0.2, 0.25) is 5.02 Å². The van der Waals surface area contributed by atoms with Crippen molar-refractivity contribution in [3.8, 4) is 5.75 Å². The summed E-state index contributed by atoms with van der Waals surface area (Å²) in [5.74, 6) is 0.530. The first-order valence-electron chi connectivity index (χ1n) is 7.71. The quantitative estimate of drug-likeness (QED) is 0.833. The SMILES string of the molecule is Cc1ccc(C)c(S(=O)(=O)N2CCC(Oc3ccncc3Cl)C2)c1. The molecule has 0 spiro atoms. The highest BCUT2D eigenvalue weighted by atomic mass is 35.5. The molecule has 7 heteroatoms. The summed E-state index contributed by atoms with van der Waals surface area (Å²) in [6.45, 7) is 4.45. The Morgan fingerprint density at radius 3 is 2.83 bits per heavy atom. The van der Waals surface area contributed by atoms with Crippen LogP contribution in [0.15, 0.2) is 41.6 Å². The van der Waals surface area contributed by atoms with Crippen LogP contribution in [0.3, 0.4) is 0 Å². The van der Waals surface area contributed by atoms with Crippen LogP contribution in [-0.4, -0.2) is 36.9 Å². The molecule has 2 aromatic rings. The van der Waals surface area contributed by atoms with Crippen LogP contribution in [0.4, 0.5) is 0 Å². The number of hydrogen-bond donors (Lipinski definition) is 0. The summed E-state index contributed by atoms with van der Waals surface area (Å²) in [5.41, 5.74) is 1.68. The van der Waals surface area contributed by atoms with Crippen LogP contribution < -0.4 is 4.74 Å². The minimum absolute atomic E-state index is 0.218. The number of hydrogen-bond acceptors (Lipinski definition) is 4. The molecule has 128 valence electrons. The van der Waals surface area contributed by atoms with Crippen LogP contribution >= 0.6 is 11.6 Å². The molecule has 0 bridgehead atoms. The Balaban J connectivity index is 1.77. The van der Waals surface area contributed by atoms with E-state index in [1.54, 1.807) is 18.3 Å². The smallest absolute Gasteiger partial charge is 0.243 e. The number of ether oxygens (including phenoxy) is 1. The standard InChI is InChI=1S/C17H19ClN2O3S/c1-12-3-4-13(2)17(9-12)24(21,22)20-8-6-14(11-20)23-16-5-7-19-10-15(16)18/h3-5,7,9-10,14H,6,8,11H2,1-2H3. The Bertz CT molecular complexity index is 855. The monoisotopic (exact) mass is 366 g/mol. The van der Waals surface area contributed by atoms with Crippen molar-refractivity contribution in [2.45, 2.75) is 31.3 Å². The highest BCUT2D eigenvalue weighted by Crippen LogP contribution is 2.29. The molecule has 5 nitrogen and oxygen atoms in total. The lowest BCUT2D eigenvalue weighted by molar-refractivity contribution is 0.215. The summed E-state index contributed by atoms with van der Waals surface area (Å²) >= 11 is 6.04. The fourth-order valence-corrected chi connectivity index (χ4v) is 4.73. The maximum Gasteiger partial charge on any atom is 0.243 e. The van der Waals surface area contributed by atoms with Crippen molar-refractivity contribution in [2.24, 2.45) is 0 Å². The van der Waals surface area contributed by atoms with E-state index >= 15 is 0 Å². The number of rotatable bonds is 4. The van der Waals surface area contributed by atoms with Gasteiger partial charge < -0.3 is 4.74 Å². The molecule has 1 unspecified atom stereocenters. The molecule has 1 aliphatic heterocycles. The van der Waals surface area contributed by atoms with Gasteiger partial charge in [-0.15, -0.1) is 0 Å². The lowest BCUT2D eigenvalue weighted by Crippen LogP contribution is -2.31. The summed E-state index contributed by atoms with van der Waals surface area (Å²) in [5, 5.41) is 0.424. The molecule has 1 aromatic heterocycles. The molecule has 3 rings (SSSR count). The van der Waals surface area contributed by atoms with Gasteiger partial charge in [-0.25, -0.2) is 8.42 Å². The zero-order chi connectivity index (χ0) is 17.3. The minimum atomic E-state index is -3.52. The summed E-state index contributed by atoms with van der Waals surface area (Å²) in [7, 11) is -3.52. The van der Waals surface area contributed by atoms with E-state index in [4.69, 9.17) is 16.3 Å². The van der Waals surface area contributed by atoms with Crippen molar-refractivity contribution in [1.29, 1.82) is 0 Å². The molecule has 1 saturated heterocycles. The van der Waals surface area contributed by atoms with Gasteiger partial charge >= 0.3 is 0 Å². The number of benzene rings is 1. The fourth-order valence-electron chi connectivity index (χ4n) is 2.77. The van der Waals surface area contributed by atoms with Gasteiger partial charge in [0.05, 0.1) is 11.4 Å². The number of pyridine rings is 1. The fraction of sp³-hybridized carbons (Fsp3) is 0.353. The maximum absolute atomic E-state index is 12.9. The summed E-state index contributed by atoms with van der Waals surface area (Å²) in [6.07, 6.45) is 3.52. The molecule has 1 aliphatic rings. The van der Waals surface area contributed by atoms with Crippen molar-refractivity contribution in [1.82, 2.24) is 9.29 Å². The van der Waals surface area contributed by atoms with E-state index in [0.29, 0.717) is 35.2 Å². The third kappa shape index (κ3) is 3.41. The highest BCUT2D eigenvalue weighted by molar-refractivity contribution is 7.89. The predicted octanol–water partition coefficient (Wildman–Crippen LogP) is 3.19. The predicted molar refractivity (Wildman–Crippen MR) is 93.0 cm³/mol. The summed E-state index contributed by atoms with van der Waals surface area (Å²) < 4.78 is 33.1. The molecule has 1 fully saturated rings. The van der Waals surface area contributed by atoms with Crippen LogP contribution in [0.1, 0.15) is 17.5 Å². The number of aryl methyl sites for hydroxylation is 2. The van der Waals surface area contributed by atoms with Gasteiger partial charge in [0.15, 0.2) is 0 Å². The van der Waals surface area contributed by atoms with Gasteiger partial charge in [-0.3, -0.25) is 4.98 Å². The lowest BCUT2D eigenvalue weighted by Gasteiger charge is -2.19. The van der Waals surface area contributed by atoms with Crippen LogP contribution in [0.5, 0.6) is 5.75 Å². The number of nitrogens with zero attached hydrogens (tertiary/aromatic N) is 2. The third-order valence-corrected chi connectivity index (χ3v) is 6.39. The Hall–Kier alpha value is -1.63. The van der Waals surface area contributed by atoms with Gasteiger partial charge in [-0.05, 0) is 37.5 Å². The zero-order valence-corrected chi connectivity index (χ0v) is 15.1. The Morgan fingerprint density at radius 1 is 1.29 bits per heavy atom. The molecule has 1 aromatic carbocycles. The van der Waals surface area contributed by atoms with Crippen LogP contribution in [-0.2, 0) is 10.0 Å². The van der Waals surface area contributed by atoms with Gasteiger partial charge in [0.25, 0.3) is 0 Å². The third-order valence-electron chi connectivity index (χ3n) is 4.10. The Morgan fingerprint density at radius 2 is 2.08 bits per heavy atom. The van der Waals surface area contributed by atoms with Gasteiger partial charge in [0, 0.05) is 25.0 Å². The van der Waals surface area contributed by atoms with Crippen LogP contribution in [0.25, 0.3) is 0 Å². The molecule has 0 aliphatic carbocycles. The number of aromatic nitrogens is 1. The average Bonchev–Trinajstić information content (AvgIpc) is 3.01. The second kappa shape index (κ2) is 6.70. The molecule has 0 radical (unpaired) electrons. The number of sulfonamides is 1. The normalized spacial score (nSPS) is 18.7. The van der Waals surface area contributed by atoms with Crippen molar-refractivity contribution < 1.29 is 13.2 Å². The molecule has 2 heterocycles. The lowest BCUT2D eigenvalue weighted by atomic mass is 10.2.